The van der Waals surface area contributed by atoms with E-state index in [0.29, 0.717) is 30.3 Å². The summed E-state index contributed by atoms with van der Waals surface area (Å²) in [5, 5.41) is 23.4. The van der Waals surface area contributed by atoms with Crippen molar-refractivity contribution in [1.82, 2.24) is 10.2 Å². The Hall–Kier alpha value is -2.77. The number of aliphatic imine (C=N–C) groups is 1. The molecule has 5 N–H and O–H groups in total. The third kappa shape index (κ3) is 9.36. The number of rotatable bonds is 14. The third-order valence-electron chi connectivity index (χ3n) is 9.87. The maximum Gasteiger partial charge on any atom is 0.197 e. The number of fused-ring (bicyclic) bond motifs is 1. The molecule has 5 rings (SSSR count). The number of guanidine groups is 1. The molecule has 4 aliphatic rings. The Morgan fingerprint density at radius 3 is 2.65 bits per heavy atom. The molecule has 236 valence electrons. The largest absolute Gasteiger partial charge is 0.458 e. The Labute approximate surface area is 259 Å². The van der Waals surface area contributed by atoms with Crippen LogP contribution < -0.4 is 15.8 Å². The SMILES string of the molecule is C=C(CCC1CC(O)CC(O)C1)NCCCCCC(C1CCCCC1)N1Cc2cc(OC3=CCCC=C3)ccc2N=C1N. The molecule has 1 aliphatic heterocycles. The maximum atomic E-state index is 9.95. The molecule has 7 heteroatoms. The fourth-order valence-corrected chi connectivity index (χ4v) is 7.56. The van der Waals surface area contributed by atoms with E-state index in [2.05, 4.69) is 41.1 Å². The lowest BCUT2D eigenvalue weighted by molar-refractivity contribution is 0.0124. The van der Waals surface area contributed by atoms with E-state index in [9.17, 15) is 10.2 Å². The van der Waals surface area contributed by atoms with Gasteiger partial charge in [-0.2, -0.15) is 0 Å². The lowest BCUT2D eigenvalue weighted by Gasteiger charge is -2.41. The minimum absolute atomic E-state index is 0.359. The minimum atomic E-state index is -0.359. The quantitative estimate of drug-likeness (QED) is 0.174. The fourth-order valence-electron chi connectivity index (χ4n) is 7.56. The van der Waals surface area contributed by atoms with Crippen LogP contribution in [-0.2, 0) is 6.54 Å². The highest BCUT2D eigenvalue weighted by Crippen LogP contribution is 2.37. The van der Waals surface area contributed by atoms with E-state index in [1.54, 1.807) is 0 Å². The zero-order chi connectivity index (χ0) is 30.0. The molecule has 3 unspecified atom stereocenters. The van der Waals surface area contributed by atoms with E-state index < -0.39 is 0 Å². The molecule has 0 aromatic heterocycles. The minimum Gasteiger partial charge on any atom is -0.458 e. The lowest BCUT2D eigenvalue weighted by atomic mass is 9.81. The normalized spacial score (nSPS) is 25.0. The van der Waals surface area contributed by atoms with Gasteiger partial charge in [0.25, 0.3) is 0 Å². The first-order valence-electron chi connectivity index (χ1n) is 17.0. The standard InChI is InChI=1S/C36H54N4O3/c1-26(16-17-27-21-30(41)24-31(42)22-27)38-20-10-4-9-15-35(28-11-5-2-6-12-28)40-25-29-23-33(18-19-34(29)39-36(40)37)43-32-13-7-3-8-14-32/h7,13-14,18-19,23,27-28,30-31,35,38,41-42H,1-6,8-12,15-17,20-22,24-25H2,(H2,37,39). The summed E-state index contributed by atoms with van der Waals surface area (Å²) in [7, 11) is 0. The van der Waals surface area contributed by atoms with Gasteiger partial charge in [0.1, 0.15) is 11.5 Å². The van der Waals surface area contributed by atoms with Crippen molar-refractivity contribution in [3.05, 3.63) is 60.0 Å². The Morgan fingerprint density at radius 2 is 1.88 bits per heavy atom. The molecule has 43 heavy (non-hydrogen) atoms. The predicted octanol–water partition coefficient (Wildman–Crippen LogP) is 6.98. The van der Waals surface area contributed by atoms with Gasteiger partial charge in [-0.25, -0.2) is 4.99 Å². The highest BCUT2D eigenvalue weighted by molar-refractivity contribution is 5.84. The van der Waals surface area contributed by atoms with Gasteiger partial charge in [-0.15, -0.1) is 0 Å². The molecule has 2 saturated carbocycles. The van der Waals surface area contributed by atoms with Crippen molar-refractivity contribution in [3.63, 3.8) is 0 Å². The summed E-state index contributed by atoms with van der Waals surface area (Å²) in [6.07, 6.45) is 22.9. The van der Waals surface area contributed by atoms with Gasteiger partial charge in [0.15, 0.2) is 5.96 Å². The number of benzene rings is 1. The Balaban J connectivity index is 1.10. The van der Waals surface area contributed by atoms with Crippen LogP contribution in [0, 0.1) is 11.8 Å². The number of ether oxygens (including phenoxy) is 1. The van der Waals surface area contributed by atoms with E-state index in [1.807, 2.05) is 12.1 Å². The van der Waals surface area contributed by atoms with Gasteiger partial charge in [0, 0.05) is 30.4 Å². The molecular weight excluding hydrogens is 536 g/mol. The summed E-state index contributed by atoms with van der Waals surface area (Å²) in [6, 6.07) is 6.60. The molecule has 0 bridgehead atoms. The van der Waals surface area contributed by atoms with E-state index in [0.717, 1.165) is 87.3 Å². The molecule has 1 aromatic rings. The van der Waals surface area contributed by atoms with E-state index in [1.165, 1.54) is 50.5 Å². The van der Waals surface area contributed by atoms with Crippen molar-refractivity contribution < 1.29 is 14.9 Å². The van der Waals surface area contributed by atoms with Crippen LogP contribution >= 0.6 is 0 Å². The van der Waals surface area contributed by atoms with Crippen molar-refractivity contribution in [2.24, 2.45) is 22.6 Å². The van der Waals surface area contributed by atoms with Crippen LogP contribution in [0.1, 0.15) is 108 Å². The fraction of sp³-hybridized carbons (Fsp3) is 0.639. The molecule has 0 radical (unpaired) electrons. The monoisotopic (exact) mass is 590 g/mol. The third-order valence-corrected chi connectivity index (χ3v) is 9.87. The number of nitrogens with one attached hydrogen (secondary N) is 1. The number of nitrogens with two attached hydrogens (primary N) is 1. The molecule has 0 spiro atoms. The number of allylic oxidation sites excluding steroid dienone is 4. The Kier molecular flexibility index (Phi) is 11.6. The first-order valence-corrected chi connectivity index (χ1v) is 17.0. The first-order chi connectivity index (χ1) is 20.9. The molecule has 1 aromatic carbocycles. The van der Waals surface area contributed by atoms with Crippen molar-refractivity contribution in [2.45, 2.75) is 128 Å². The average Bonchev–Trinajstić information content (AvgIpc) is 3.00. The number of aliphatic hydroxyl groups is 2. The van der Waals surface area contributed by atoms with Crippen LogP contribution in [0.4, 0.5) is 5.69 Å². The maximum absolute atomic E-state index is 9.95. The van der Waals surface area contributed by atoms with Crippen LogP contribution in [-0.4, -0.2) is 45.9 Å². The van der Waals surface area contributed by atoms with Crippen molar-refractivity contribution in [2.75, 3.05) is 6.54 Å². The van der Waals surface area contributed by atoms with E-state index >= 15 is 0 Å². The number of hydrogen-bond acceptors (Lipinski definition) is 7. The first kappa shape index (κ1) is 31.6. The summed E-state index contributed by atoms with van der Waals surface area (Å²) in [5.41, 5.74) is 9.87. The second-order valence-electron chi connectivity index (χ2n) is 13.3. The highest BCUT2D eigenvalue weighted by atomic mass is 16.5. The van der Waals surface area contributed by atoms with Crippen LogP contribution in [0.2, 0.25) is 0 Å². The summed E-state index contributed by atoms with van der Waals surface area (Å²) < 4.78 is 6.18. The van der Waals surface area contributed by atoms with Gasteiger partial charge in [-0.1, -0.05) is 44.8 Å². The molecule has 2 fully saturated rings. The molecule has 3 atom stereocenters. The molecular formula is C36H54N4O3. The van der Waals surface area contributed by atoms with Crippen LogP contribution in [0.3, 0.4) is 0 Å². The second kappa shape index (κ2) is 15.8. The highest BCUT2D eigenvalue weighted by Gasteiger charge is 2.32. The van der Waals surface area contributed by atoms with Crippen LogP contribution in [0.15, 0.2) is 59.5 Å². The van der Waals surface area contributed by atoms with Gasteiger partial charge >= 0.3 is 0 Å². The van der Waals surface area contributed by atoms with Gasteiger partial charge in [-0.05, 0) is 113 Å². The summed E-state index contributed by atoms with van der Waals surface area (Å²) in [5.74, 6) is 3.49. The number of aliphatic hydroxyl groups excluding tert-OH is 2. The topological polar surface area (TPSA) is 103 Å². The van der Waals surface area contributed by atoms with Gasteiger partial charge < -0.3 is 30.9 Å². The van der Waals surface area contributed by atoms with Crippen LogP contribution in [0.25, 0.3) is 0 Å². The molecule has 7 nitrogen and oxygen atoms in total. The molecule has 3 aliphatic carbocycles. The number of nitrogens with zero attached hydrogens (tertiary/aromatic N) is 2. The summed E-state index contributed by atoms with van der Waals surface area (Å²) in [6.45, 7) is 5.95. The molecule has 1 heterocycles. The van der Waals surface area contributed by atoms with Crippen molar-refractivity contribution >= 4 is 11.6 Å². The van der Waals surface area contributed by atoms with Gasteiger partial charge in [0.05, 0.1) is 17.9 Å². The van der Waals surface area contributed by atoms with Crippen molar-refractivity contribution in [3.8, 4) is 5.75 Å². The summed E-state index contributed by atoms with van der Waals surface area (Å²) in [4.78, 5) is 7.25. The smallest absolute Gasteiger partial charge is 0.197 e. The van der Waals surface area contributed by atoms with Crippen LogP contribution in [0.5, 0.6) is 5.75 Å². The lowest BCUT2D eigenvalue weighted by Crippen LogP contribution is -2.49. The zero-order valence-corrected chi connectivity index (χ0v) is 26.1. The predicted molar refractivity (Wildman–Crippen MR) is 175 cm³/mol. The average molecular weight is 591 g/mol. The molecule has 0 saturated heterocycles. The Morgan fingerprint density at radius 1 is 1.07 bits per heavy atom. The number of unbranched alkanes of at least 4 members (excludes halogenated alkanes) is 2. The van der Waals surface area contributed by atoms with Gasteiger partial charge in [0.2, 0.25) is 0 Å². The van der Waals surface area contributed by atoms with Gasteiger partial charge in [-0.3, -0.25) is 0 Å². The number of hydrogen-bond donors (Lipinski definition) is 4. The van der Waals surface area contributed by atoms with Crippen molar-refractivity contribution in [1.29, 1.82) is 0 Å². The Bertz CT molecular complexity index is 1150. The summed E-state index contributed by atoms with van der Waals surface area (Å²) >= 11 is 0. The van der Waals surface area contributed by atoms with E-state index in [4.69, 9.17) is 15.5 Å². The zero-order valence-electron chi connectivity index (χ0n) is 26.1. The molecule has 0 amide bonds. The van der Waals surface area contributed by atoms with E-state index in [-0.39, 0.29) is 12.2 Å². The second-order valence-corrected chi connectivity index (χ2v) is 13.3.